The first kappa shape index (κ1) is 24.5. The van der Waals surface area contributed by atoms with Crippen LogP contribution >= 0.6 is 11.6 Å². The molecule has 5 atom stereocenters. The third kappa shape index (κ3) is 4.28. The fourth-order valence-electron chi connectivity index (χ4n) is 4.41. The van der Waals surface area contributed by atoms with E-state index in [1.54, 1.807) is 65.4 Å². The second-order valence-corrected chi connectivity index (χ2v) is 8.93. The van der Waals surface area contributed by atoms with E-state index in [-0.39, 0.29) is 11.5 Å². The van der Waals surface area contributed by atoms with Crippen LogP contribution in [0.3, 0.4) is 0 Å². The van der Waals surface area contributed by atoms with Crippen molar-refractivity contribution < 1.29 is 34.7 Å². The number of carbonyl (C=O) groups is 1. The van der Waals surface area contributed by atoms with Gasteiger partial charge in [-0.1, -0.05) is 60.1 Å². The highest BCUT2D eigenvalue weighted by Gasteiger charge is 2.45. The fourth-order valence-corrected chi connectivity index (χ4v) is 4.67. The van der Waals surface area contributed by atoms with E-state index in [0.717, 1.165) is 0 Å². The number of ether oxygens (including phenoxy) is 2. The van der Waals surface area contributed by atoms with Gasteiger partial charge in [0, 0.05) is 11.1 Å². The van der Waals surface area contributed by atoms with Crippen LogP contribution in [0.15, 0.2) is 79.0 Å². The molecular formula is C27H24ClNO7. The summed E-state index contributed by atoms with van der Waals surface area (Å²) in [5.41, 5.74) is 2.22. The largest absolute Gasteiger partial charge is 0.460 e. The number of fused-ring (bicyclic) bond motifs is 1. The SMILES string of the molecule is O=C(c1ccccc1)c1ccccc1-n1cc(O[C@H]2O[C@@H](CO)[C@@H](O)[C@@H](O)[C@@H]2O)c2c(Cl)cccc21. The molecule has 0 spiro atoms. The van der Waals surface area contributed by atoms with Gasteiger partial charge in [-0.2, -0.15) is 0 Å². The van der Waals surface area contributed by atoms with Gasteiger partial charge in [-0.3, -0.25) is 4.79 Å². The summed E-state index contributed by atoms with van der Waals surface area (Å²) in [6, 6.07) is 21.3. The summed E-state index contributed by atoms with van der Waals surface area (Å²) >= 11 is 6.53. The lowest BCUT2D eigenvalue weighted by atomic mass is 9.99. The molecule has 1 aromatic heterocycles. The van der Waals surface area contributed by atoms with Crippen LogP contribution in [0.2, 0.25) is 5.02 Å². The zero-order valence-corrected chi connectivity index (χ0v) is 19.7. The minimum Gasteiger partial charge on any atom is -0.460 e. The highest BCUT2D eigenvalue weighted by Crippen LogP contribution is 2.38. The number of ketones is 1. The van der Waals surface area contributed by atoms with Crippen LogP contribution in [0.4, 0.5) is 0 Å². The topological polar surface area (TPSA) is 121 Å². The number of hydrogen-bond donors (Lipinski definition) is 4. The van der Waals surface area contributed by atoms with Crippen molar-refractivity contribution >= 4 is 28.3 Å². The number of rotatable bonds is 6. The number of carbonyl (C=O) groups excluding carboxylic acids is 1. The number of halogens is 1. The molecule has 1 saturated heterocycles. The number of aromatic nitrogens is 1. The first-order chi connectivity index (χ1) is 17.4. The lowest BCUT2D eigenvalue weighted by molar-refractivity contribution is -0.277. The van der Waals surface area contributed by atoms with Gasteiger partial charge < -0.3 is 34.5 Å². The number of para-hydroxylation sites is 1. The van der Waals surface area contributed by atoms with Crippen molar-refractivity contribution in [2.24, 2.45) is 0 Å². The molecule has 4 N–H and O–H groups in total. The standard InChI is InChI=1S/C27H24ClNO7/c28-17-10-6-12-19-22(17)20(35-27-26(34)25(33)24(32)21(14-30)36-27)13-29(19)18-11-5-4-9-16(18)23(31)15-7-2-1-3-8-15/h1-13,21,24-27,30,32-34H,14H2/t21-,24+,25+,26-,27-/m0/s1. The smallest absolute Gasteiger partial charge is 0.229 e. The Kier molecular flexibility index (Phi) is 6.81. The van der Waals surface area contributed by atoms with E-state index >= 15 is 0 Å². The van der Waals surface area contributed by atoms with E-state index in [9.17, 15) is 25.2 Å². The van der Waals surface area contributed by atoms with E-state index < -0.39 is 37.3 Å². The summed E-state index contributed by atoms with van der Waals surface area (Å²) in [4.78, 5) is 13.3. The molecule has 3 aromatic carbocycles. The van der Waals surface area contributed by atoms with Crippen LogP contribution in [-0.2, 0) is 4.74 Å². The van der Waals surface area contributed by atoms with Crippen molar-refractivity contribution in [1.29, 1.82) is 0 Å². The van der Waals surface area contributed by atoms with Crippen molar-refractivity contribution in [3.8, 4) is 11.4 Å². The second kappa shape index (κ2) is 10.0. The highest BCUT2D eigenvalue weighted by atomic mass is 35.5. The van der Waals surface area contributed by atoms with Crippen LogP contribution in [0.25, 0.3) is 16.6 Å². The Morgan fingerprint density at radius 1 is 0.917 bits per heavy atom. The number of aliphatic hydroxyl groups is 4. The van der Waals surface area contributed by atoms with Crippen molar-refractivity contribution in [2.45, 2.75) is 30.7 Å². The van der Waals surface area contributed by atoms with Gasteiger partial charge in [0.2, 0.25) is 6.29 Å². The van der Waals surface area contributed by atoms with E-state index in [0.29, 0.717) is 32.7 Å². The summed E-state index contributed by atoms with van der Waals surface area (Å²) in [7, 11) is 0. The van der Waals surface area contributed by atoms with Crippen LogP contribution in [0, 0.1) is 0 Å². The molecular weight excluding hydrogens is 486 g/mol. The Morgan fingerprint density at radius 3 is 2.39 bits per heavy atom. The molecule has 1 aliphatic heterocycles. The number of aliphatic hydroxyl groups excluding tert-OH is 4. The monoisotopic (exact) mass is 509 g/mol. The average Bonchev–Trinajstić information content (AvgIpc) is 3.28. The molecule has 9 heteroatoms. The normalized spacial score (nSPS) is 24.1. The Hall–Kier alpha value is -3.24. The summed E-state index contributed by atoms with van der Waals surface area (Å²) in [6.45, 7) is -0.581. The van der Waals surface area contributed by atoms with E-state index in [1.165, 1.54) is 0 Å². The summed E-state index contributed by atoms with van der Waals surface area (Å²) in [5.74, 6) is 0.0633. The van der Waals surface area contributed by atoms with Gasteiger partial charge in [0.25, 0.3) is 0 Å². The molecule has 2 heterocycles. The van der Waals surface area contributed by atoms with Gasteiger partial charge in [0.05, 0.1) is 34.4 Å². The zero-order valence-electron chi connectivity index (χ0n) is 18.9. The molecule has 0 saturated carbocycles. The molecule has 0 bridgehead atoms. The van der Waals surface area contributed by atoms with Crippen LogP contribution in [0.5, 0.6) is 5.75 Å². The molecule has 0 unspecified atom stereocenters. The number of hydrogen-bond acceptors (Lipinski definition) is 7. The Bertz CT molecular complexity index is 1390. The first-order valence-electron chi connectivity index (χ1n) is 11.4. The Balaban J connectivity index is 1.60. The third-order valence-corrected chi connectivity index (χ3v) is 6.59. The Labute approximate surface area is 211 Å². The molecule has 1 fully saturated rings. The van der Waals surface area contributed by atoms with Gasteiger partial charge in [0.1, 0.15) is 30.2 Å². The van der Waals surface area contributed by atoms with Crippen molar-refractivity contribution in [2.75, 3.05) is 6.61 Å². The van der Waals surface area contributed by atoms with Gasteiger partial charge in [0.15, 0.2) is 5.78 Å². The minimum atomic E-state index is -1.59. The van der Waals surface area contributed by atoms with Gasteiger partial charge in [-0.15, -0.1) is 0 Å². The summed E-state index contributed by atoms with van der Waals surface area (Å²) < 4.78 is 13.2. The molecule has 8 nitrogen and oxygen atoms in total. The van der Waals surface area contributed by atoms with E-state index in [1.807, 2.05) is 18.2 Å². The molecule has 0 amide bonds. The van der Waals surface area contributed by atoms with Crippen LogP contribution in [0.1, 0.15) is 15.9 Å². The summed E-state index contributed by atoms with van der Waals surface area (Å²) in [6.07, 6.45) is -5.58. The quantitative estimate of drug-likeness (QED) is 0.295. The molecule has 0 radical (unpaired) electrons. The van der Waals surface area contributed by atoms with Crippen LogP contribution < -0.4 is 4.74 Å². The predicted molar refractivity (Wildman–Crippen MR) is 133 cm³/mol. The molecule has 36 heavy (non-hydrogen) atoms. The number of benzene rings is 3. The first-order valence-corrected chi connectivity index (χ1v) is 11.7. The number of nitrogens with zero attached hydrogens (tertiary/aromatic N) is 1. The Morgan fingerprint density at radius 2 is 1.64 bits per heavy atom. The molecule has 0 aliphatic carbocycles. The maximum absolute atomic E-state index is 13.3. The molecule has 4 aromatic rings. The van der Waals surface area contributed by atoms with Crippen molar-refractivity contribution in [1.82, 2.24) is 4.57 Å². The van der Waals surface area contributed by atoms with E-state index in [2.05, 4.69) is 0 Å². The average molecular weight is 510 g/mol. The summed E-state index contributed by atoms with van der Waals surface area (Å²) in [5, 5.41) is 41.1. The van der Waals surface area contributed by atoms with Gasteiger partial charge in [-0.05, 0) is 24.3 Å². The molecule has 1 aliphatic rings. The minimum absolute atomic E-state index is 0.161. The molecule has 5 rings (SSSR count). The third-order valence-electron chi connectivity index (χ3n) is 6.28. The fraction of sp³-hybridized carbons (Fsp3) is 0.222. The van der Waals surface area contributed by atoms with Crippen molar-refractivity contribution in [3.63, 3.8) is 0 Å². The highest BCUT2D eigenvalue weighted by molar-refractivity contribution is 6.36. The lowest BCUT2D eigenvalue weighted by Crippen LogP contribution is -2.60. The molecule has 186 valence electrons. The van der Waals surface area contributed by atoms with Crippen molar-refractivity contribution in [3.05, 3.63) is 95.1 Å². The lowest BCUT2D eigenvalue weighted by Gasteiger charge is -2.39. The maximum Gasteiger partial charge on any atom is 0.229 e. The maximum atomic E-state index is 13.3. The zero-order chi connectivity index (χ0) is 25.4. The van der Waals surface area contributed by atoms with Crippen LogP contribution in [-0.4, -0.2) is 68.1 Å². The predicted octanol–water partition coefficient (Wildman–Crippen LogP) is 2.69. The van der Waals surface area contributed by atoms with E-state index in [4.69, 9.17) is 21.1 Å². The van der Waals surface area contributed by atoms with Gasteiger partial charge in [-0.25, -0.2) is 0 Å². The van der Waals surface area contributed by atoms with Gasteiger partial charge >= 0.3 is 0 Å². The second-order valence-electron chi connectivity index (χ2n) is 8.52.